The molecule has 4 rings (SSSR count). The maximum Gasteiger partial charge on any atom is 0.383 e. The van der Waals surface area contributed by atoms with Gasteiger partial charge in [0, 0.05) is 11.1 Å². The first kappa shape index (κ1) is 24.2. The highest BCUT2D eigenvalue weighted by atomic mass is 19.3. The van der Waals surface area contributed by atoms with Crippen molar-refractivity contribution in [1.29, 1.82) is 0 Å². The molecule has 3 aromatic carbocycles. The lowest BCUT2D eigenvalue weighted by atomic mass is 9.98. The summed E-state index contributed by atoms with van der Waals surface area (Å²) in [5, 5.41) is 0. The zero-order valence-electron chi connectivity index (χ0n) is 18.6. The predicted octanol–water partition coefficient (Wildman–Crippen LogP) is 7.08. The summed E-state index contributed by atoms with van der Waals surface area (Å²) in [5.74, 6) is -3.25. The summed E-state index contributed by atoms with van der Waals surface area (Å²) >= 11 is 0. The summed E-state index contributed by atoms with van der Waals surface area (Å²) < 4.78 is 87.4. The van der Waals surface area contributed by atoms with Crippen LogP contribution in [0.4, 0.5) is 22.0 Å². The lowest BCUT2D eigenvalue weighted by Crippen LogP contribution is -2.35. The molecule has 0 N–H and O–H groups in total. The Kier molecular flexibility index (Phi) is 6.91. The van der Waals surface area contributed by atoms with Gasteiger partial charge in [-0.1, -0.05) is 30.3 Å². The Morgan fingerprint density at radius 2 is 1.50 bits per heavy atom. The van der Waals surface area contributed by atoms with E-state index in [0.29, 0.717) is 24.0 Å². The van der Waals surface area contributed by atoms with Gasteiger partial charge in [0.15, 0.2) is 11.6 Å². The Morgan fingerprint density at radius 1 is 0.853 bits per heavy atom. The molecular formula is C26H23F5O3. The van der Waals surface area contributed by atoms with Crippen molar-refractivity contribution >= 4 is 0 Å². The molecular weight excluding hydrogens is 455 g/mol. The van der Waals surface area contributed by atoms with Crippen molar-refractivity contribution in [3.8, 4) is 28.0 Å². The van der Waals surface area contributed by atoms with Crippen LogP contribution in [0.15, 0.2) is 54.6 Å². The van der Waals surface area contributed by atoms with E-state index in [4.69, 9.17) is 14.2 Å². The third kappa shape index (κ3) is 4.93. The molecule has 3 aromatic rings. The van der Waals surface area contributed by atoms with E-state index in [2.05, 4.69) is 0 Å². The molecule has 1 heterocycles. The van der Waals surface area contributed by atoms with Crippen LogP contribution in [0.5, 0.6) is 5.75 Å². The first-order valence-electron chi connectivity index (χ1n) is 10.8. The van der Waals surface area contributed by atoms with Crippen molar-refractivity contribution in [2.24, 2.45) is 0 Å². The zero-order chi connectivity index (χ0) is 24.5. The Bertz CT molecular complexity index is 1160. The number of benzene rings is 3. The van der Waals surface area contributed by atoms with Crippen molar-refractivity contribution in [3.63, 3.8) is 0 Å². The fourth-order valence-electron chi connectivity index (χ4n) is 3.90. The molecule has 0 amide bonds. The van der Waals surface area contributed by atoms with Crippen molar-refractivity contribution in [1.82, 2.24) is 0 Å². The van der Waals surface area contributed by atoms with E-state index in [0.717, 1.165) is 12.1 Å². The molecule has 34 heavy (non-hydrogen) atoms. The fraction of sp³-hybridized carbons (Fsp3) is 0.308. The Hall–Kier alpha value is -2.97. The first-order chi connectivity index (χ1) is 16.2. The average Bonchev–Trinajstić information content (AvgIpc) is 2.82. The van der Waals surface area contributed by atoms with Crippen molar-refractivity contribution in [2.45, 2.75) is 38.1 Å². The van der Waals surface area contributed by atoms with E-state index in [9.17, 15) is 22.0 Å². The van der Waals surface area contributed by atoms with E-state index in [1.54, 1.807) is 0 Å². The number of hydrogen-bond donors (Lipinski definition) is 0. The maximum atomic E-state index is 14.8. The van der Waals surface area contributed by atoms with Gasteiger partial charge in [-0.15, -0.1) is 0 Å². The normalized spacial score (nSPS) is 18.7. The SMILES string of the molecule is COc1ccc(-c2ccc(-c3ccc(C(F)(F)OC4CCC(C)OC4)cc3F)cc2)c(F)c1F. The number of ether oxygens (including phenoxy) is 3. The van der Waals surface area contributed by atoms with Gasteiger partial charge >= 0.3 is 6.11 Å². The number of alkyl halides is 2. The molecule has 1 aliphatic rings. The Balaban J connectivity index is 1.54. The van der Waals surface area contributed by atoms with E-state index < -0.39 is 35.2 Å². The molecule has 0 radical (unpaired) electrons. The van der Waals surface area contributed by atoms with Crippen molar-refractivity contribution in [2.75, 3.05) is 13.7 Å². The topological polar surface area (TPSA) is 27.7 Å². The van der Waals surface area contributed by atoms with Gasteiger partial charge in [-0.3, -0.25) is 0 Å². The minimum Gasteiger partial charge on any atom is -0.494 e. The third-order valence-electron chi connectivity index (χ3n) is 5.86. The highest BCUT2D eigenvalue weighted by molar-refractivity contribution is 5.71. The summed E-state index contributed by atoms with van der Waals surface area (Å²) in [6, 6.07) is 11.8. The molecule has 0 bridgehead atoms. The Morgan fingerprint density at radius 3 is 2.09 bits per heavy atom. The van der Waals surface area contributed by atoms with E-state index in [1.807, 2.05) is 6.92 Å². The number of halogens is 5. The quantitative estimate of drug-likeness (QED) is 0.355. The minimum atomic E-state index is -3.67. The molecule has 1 aliphatic heterocycles. The molecule has 2 atom stereocenters. The largest absolute Gasteiger partial charge is 0.494 e. The number of hydrogen-bond acceptors (Lipinski definition) is 3. The number of methoxy groups -OCH3 is 1. The average molecular weight is 478 g/mol. The first-order valence-corrected chi connectivity index (χ1v) is 10.8. The lowest BCUT2D eigenvalue weighted by Gasteiger charge is -2.30. The Labute approximate surface area is 194 Å². The van der Waals surface area contributed by atoms with Gasteiger partial charge in [0.05, 0.1) is 31.5 Å². The highest BCUT2D eigenvalue weighted by Crippen LogP contribution is 2.36. The minimum absolute atomic E-state index is 0.00294. The van der Waals surface area contributed by atoms with Gasteiger partial charge in [0.1, 0.15) is 5.82 Å². The van der Waals surface area contributed by atoms with Gasteiger partial charge in [0.25, 0.3) is 0 Å². The molecule has 2 unspecified atom stereocenters. The van der Waals surface area contributed by atoms with Crippen LogP contribution in [0.1, 0.15) is 25.3 Å². The van der Waals surface area contributed by atoms with E-state index >= 15 is 0 Å². The van der Waals surface area contributed by atoms with Crippen LogP contribution < -0.4 is 4.74 Å². The van der Waals surface area contributed by atoms with Crippen LogP contribution in [0.3, 0.4) is 0 Å². The van der Waals surface area contributed by atoms with Gasteiger partial charge in [-0.25, -0.2) is 8.78 Å². The summed E-state index contributed by atoms with van der Waals surface area (Å²) in [7, 11) is 1.24. The van der Waals surface area contributed by atoms with Gasteiger partial charge < -0.3 is 14.2 Å². The second-order valence-electron chi connectivity index (χ2n) is 8.19. The van der Waals surface area contributed by atoms with Gasteiger partial charge in [-0.2, -0.15) is 13.2 Å². The molecule has 8 heteroatoms. The summed E-state index contributed by atoms with van der Waals surface area (Å²) in [6.45, 7) is 1.92. The van der Waals surface area contributed by atoms with Crippen molar-refractivity contribution in [3.05, 3.63) is 77.6 Å². The van der Waals surface area contributed by atoms with Gasteiger partial charge in [0.2, 0.25) is 5.82 Å². The molecule has 3 nitrogen and oxygen atoms in total. The maximum absolute atomic E-state index is 14.8. The summed E-state index contributed by atoms with van der Waals surface area (Å²) in [4.78, 5) is 0. The second-order valence-corrected chi connectivity index (χ2v) is 8.19. The van der Waals surface area contributed by atoms with Crippen LogP contribution in [0.25, 0.3) is 22.3 Å². The monoisotopic (exact) mass is 478 g/mol. The lowest BCUT2D eigenvalue weighted by molar-refractivity contribution is -0.288. The zero-order valence-corrected chi connectivity index (χ0v) is 18.6. The molecule has 0 aromatic heterocycles. The standard InChI is InChI=1S/C26H23F5O3/c1-15-3-9-19(14-33-15)34-26(30,31)18-8-10-20(22(27)13-18)16-4-6-17(7-5-16)21-11-12-23(32-2)25(29)24(21)28/h4-8,10-13,15,19H,3,9,14H2,1-2H3. The fourth-order valence-corrected chi connectivity index (χ4v) is 3.90. The highest BCUT2D eigenvalue weighted by Gasteiger charge is 2.38. The molecule has 1 fully saturated rings. The van der Waals surface area contributed by atoms with E-state index in [-0.39, 0.29) is 29.6 Å². The van der Waals surface area contributed by atoms with Crippen LogP contribution in [-0.2, 0) is 15.6 Å². The molecule has 0 saturated carbocycles. The van der Waals surface area contributed by atoms with Crippen LogP contribution in [0.2, 0.25) is 0 Å². The molecule has 180 valence electrons. The van der Waals surface area contributed by atoms with Crippen LogP contribution in [0, 0.1) is 17.5 Å². The molecule has 1 saturated heterocycles. The molecule has 0 aliphatic carbocycles. The van der Waals surface area contributed by atoms with Crippen LogP contribution >= 0.6 is 0 Å². The third-order valence-corrected chi connectivity index (χ3v) is 5.86. The van der Waals surface area contributed by atoms with E-state index in [1.165, 1.54) is 49.6 Å². The predicted molar refractivity (Wildman–Crippen MR) is 117 cm³/mol. The number of rotatable bonds is 6. The van der Waals surface area contributed by atoms with Gasteiger partial charge in [-0.05, 0) is 55.2 Å². The van der Waals surface area contributed by atoms with Crippen molar-refractivity contribution < 1.29 is 36.2 Å². The molecule has 0 spiro atoms. The second kappa shape index (κ2) is 9.72. The summed E-state index contributed by atoms with van der Waals surface area (Å²) in [6.07, 6.45) is -3.41. The smallest absolute Gasteiger partial charge is 0.383 e. The summed E-state index contributed by atoms with van der Waals surface area (Å²) in [5.41, 5.74) is 0.255. The van der Waals surface area contributed by atoms with Crippen LogP contribution in [-0.4, -0.2) is 25.9 Å².